The Hall–Kier alpha value is -0.730. The van der Waals surface area contributed by atoms with Crippen molar-refractivity contribution in [2.24, 2.45) is 11.7 Å². The molecule has 0 spiro atoms. The summed E-state index contributed by atoms with van der Waals surface area (Å²) in [6, 6.07) is 4.09. The van der Waals surface area contributed by atoms with Gasteiger partial charge in [0.1, 0.15) is 5.75 Å². The summed E-state index contributed by atoms with van der Waals surface area (Å²) >= 11 is 6.27. The molecule has 2 aliphatic rings. The number of benzene rings is 1. The Morgan fingerprint density at radius 1 is 1.40 bits per heavy atom. The fraction of sp³-hybridized carbons (Fsp3) is 0.647. The molecule has 20 heavy (non-hydrogen) atoms. The van der Waals surface area contributed by atoms with Gasteiger partial charge in [0, 0.05) is 17.0 Å². The van der Waals surface area contributed by atoms with E-state index >= 15 is 0 Å². The van der Waals surface area contributed by atoms with E-state index < -0.39 is 0 Å². The lowest BCUT2D eigenvalue weighted by atomic mass is 9.69. The highest BCUT2D eigenvalue weighted by Gasteiger charge is 2.37. The number of ether oxygens (including phenoxy) is 1. The Balaban J connectivity index is 1.90. The quantitative estimate of drug-likeness (QED) is 0.910. The minimum atomic E-state index is -0.0859. The molecule has 0 radical (unpaired) electrons. The van der Waals surface area contributed by atoms with Crippen LogP contribution in [0.3, 0.4) is 0 Å². The summed E-state index contributed by atoms with van der Waals surface area (Å²) in [6.45, 7) is 3.04. The maximum atomic E-state index is 6.79. The maximum absolute atomic E-state index is 6.79. The lowest BCUT2D eigenvalue weighted by molar-refractivity contribution is 0.181. The van der Waals surface area contributed by atoms with Gasteiger partial charge in [0.2, 0.25) is 0 Å². The van der Waals surface area contributed by atoms with Gasteiger partial charge in [-0.05, 0) is 48.4 Å². The summed E-state index contributed by atoms with van der Waals surface area (Å²) in [5.74, 6) is 1.67. The molecule has 2 atom stereocenters. The van der Waals surface area contributed by atoms with Crippen LogP contribution in [0.2, 0.25) is 5.02 Å². The third-order valence-electron chi connectivity index (χ3n) is 5.10. The molecule has 2 unspecified atom stereocenters. The first kappa shape index (κ1) is 14.2. The molecule has 110 valence electrons. The number of hydrogen-bond donors (Lipinski definition) is 1. The Bertz CT molecular complexity index is 502. The number of fused-ring (bicyclic) bond motifs is 1. The predicted octanol–water partition coefficient (Wildman–Crippen LogP) is 4.12. The highest BCUT2D eigenvalue weighted by atomic mass is 35.5. The fourth-order valence-corrected chi connectivity index (χ4v) is 4.28. The van der Waals surface area contributed by atoms with Gasteiger partial charge in [0.05, 0.1) is 6.61 Å². The Morgan fingerprint density at radius 3 is 3.05 bits per heavy atom. The zero-order valence-corrected chi connectivity index (χ0v) is 13.0. The second kappa shape index (κ2) is 5.57. The van der Waals surface area contributed by atoms with Gasteiger partial charge in [-0.25, -0.2) is 0 Å². The first-order chi connectivity index (χ1) is 9.62. The molecule has 1 heterocycles. The molecular formula is C17H24ClNO. The summed E-state index contributed by atoms with van der Waals surface area (Å²) < 4.78 is 5.83. The van der Waals surface area contributed by atoms with E-state index in [0.29, 0.717) is 5.92 Å². The van der Waals surface area contributed by atoms with Crippen LogP contribution in [-0.2, 0) is 12.8 Å². The molecule has 3 rings (SSSR count). The third-order valence-corrected chi connectivity index (χ3v) is 5.31. The molecule has 0 saturated heterocycles. The first-order valence-corrected chi connectivity index (χ1v) is 8.23. The summed E-state index contributed by atoms with van der Waals surface area (Å²) in [4.78, 5) is 0. The highest BCUT2D eigenvalue weighted by Crippen LogP contribution is 2.40. The third kappa shape index (κ3) is 2.56. The molecule has 1 saturated carbocycles. The molecule has 0 aromatic heterocycles. The molecule has 0 bridgehead atoms. The van der Waals surface area contributed by atoms with Crippen molar-refractivity contribution in [2.45, 2.75) is 57.4 Å². The minimum Gasteiger partial charge on any atom is -0.493 e. The van der Waals surface area contributed by atoms with Crippen LogP contribution < -0.4 is 10.5 Å². The zero-order valence-electron chi connectivity index (χ0n) is 12.3. The molecular weight excluding hydrogens is 270 g/mol. The van der Waals surface area contributed by atoms with Crippen molar-refractivity contribution < 1.29 is 4.74 Å². The van der Waals surface area contributed by atoms with Crippen molar-refractivity contribution in [1.82, 2.24) is 0 Å². The van der Waals surface area contributed by atoms with E-state index in [9.17, 15) is 0 Å². The van der Waals surface area contributed by atoms with Gasteiger partial charge in [-0.2, -0.15) is 0 Å². The normalized spacial score (nSPS) is 29.1. The molecule has 2 nitrogen and oxygen atoms in total. The van der Waals surface area contributed by atoms with E-state index in [4.69, 9.17) is 22.1 Å². The molecule has 1 aliphatic carbocycles. The van der Waals surface area contributed by atoms with Gasteiger partial charge < -0.3 is 10.5 Å². The minimum absolute atomic E-state index is 0.0859. The zero-order chi connectivity index (χ0) is 14.2. The van der Waals surface area contributed by atoms with E-state index in [0.717, 1.165) is 36.6 Å². The van der Waals surface area contributed by atoms with Gasteiger partial charge in [-0.1, -0.05) is 37.8 Å². The lowest BCUT2D eigenvalue weighted by Gasteiger charge is -2.41. The van der Waals surface area contributed by atoms with Crippen molar-refractivity contribution >= 4 is 11.6 Å². The number of halogens is 1. The predicted molar refractivity (Wildman–Crippen MR) is 83.5 cm³/mol. The van der Waals surface area contributed by atoms with Crippen molar-refractivity contribution in [3.05, 3.63) is 28.3 Å². The van der Waals surface area contributed by atoms with Crippen molar-refractivity contribution in [1.29, 1.82) is 0 Å². The van der Waals surface area contributed by atoms with Gasteiger partial charge in [0.25, 0.3) is 0 Å². The van der Waals surface area contributed by atoms with Crippen molar-refractivity contribution in [3.8, 4) is 5.75 Å². The van der Waals surface area contributed by atoms with Crippen LogP contribution in [0.5, 0.6) is 5.75 Å². The Morgan fingerprint density at radius 2 is 2.25 bits per heavy atom. The molecule has 3 heteroatoms. The fourth-order valence-electron chi connectivity index (χ4n) is 4.01. The van der Waals surface area contributed by atoms with Crippen molar-refractivity contribution in [3.63, 3.8) is 0 Å². The smallest absolute Gasteiger partial charge is 0.125 e. The van der Waals surface area contributed by atoms with E-state index in [1.165, 1.54) is 36.8 Å². The summed E-state index contributed by atoms with van der Waals surface area (Å²) in [6.07, 6.45) is 7.98. The maximum Gasteiger partial charge on any atom is 0.125 e. The van der Waals surface area contributed by atoms with E-state index in [1.54, 1.807) is 0 Å². The van der Waals surface area contributed by atoms with Crippen LogP contribution in [-0.4, -0.2) is 12.1 Å². The van der Waals surface area contributed by atoms with Crippen LogP contribution in [0.4, 0.5) is 0 Å². The second-order valence-corrected chi connectivity index (χ2v) is 6.85. The largest absolute Gasteiger partial charge is 0.493 e. The van der Waals surface area contributed by atoms with Crippen LogP contribution in [0.1, 0.15) is 50.2 Å². The van der Waals surface area contributed by atoms with E-state index in [2.05, 4.69) is 13.0 Å². The van der Waals surface area contributed by atoms with E-state index in [-0.39, 0.29) is 5.54 Å². The summed E-state index contributed by atoms with van der Waals surface area (Å²) in [5.41, 5.74) is 9.17. The van der Waals surface area contributed by atoms with Gasteiger partial charge in [-0.15, -0.1) is 0 Å². The van der Waals surface area contributed by atoms with Gasteiger partial charge in [0.15, 0.2) is 0 Å². The average Bonchev–Trinajstić information content (AvgIpc) is 2.87. The topological polar surface area (TPSA) is 35.2 Å². The van der Waals surface area contributed by atoms with Crippen LogP contribution >= 0.6 is 11.6 Å². The summed E-state index contributed by atoms with van der Waals surface area (Å²) in [5, 5.41) is 0.816. The van der Waals surface area contributed by atoms with Gasteiger partial charge >= 0.3 is 0 Å². The number of nitrogens with two attached hydrogens (primary N) is 1. The average molecular weight is 294 g/mol. The Labute approximate surface area is 126 Å². The van der Waals surface area contributed by atoms with E-state index in [1.807, 2.05) is 6.07 Å². The Kier molecular flexibility index (Phi) is 3.96. The highest BCUT2D eigenvalue weighted by molar-refractivity contribution is 6.30. The molecule has 0 amide bonds. The molecule has 1 aliphatic heterocycles. The van der Waals surface area contributed by atoms with Crippen LogP contribution in [0.25, 0.3) is 0 Å². The standard InChI is InChI=1S/C17H24ClNO/c1-2-14-5-3-4-7-17(14,19)11-13-10-15(18)9-12-6-8-20-16(12)13/h9-10,14H,2-8,11,19H2,1H3. The first-order valence-electron chi connectivity index (χ1n) is 7.85. The molecule has 2 N–H and O–H groups in total. The van der Waals surface area contributed by atoms with Crippen LogP contribution in [0.15, 0.2) is 12.1 Å². The second-order valence-electron chi connectivity index (χ2n) is 6.41. The van der Waals surface area contributed by atoms with Crippen LogP contribution in [0, 0.1) is 5.92 Å². The SMILES string of the molecule is CCC1CCCCC1(N)Cc1cc(Cl)cc2c1OCC2. The molecule has 1 fully saturated rings. The monoisotopic (exact) mass is 293 g/mol. The molecule has 1 aromatic carbocycles. The number of hydrogen-bond acceptors (Lipinski definition) is 2. The van der Waals surface area contributed by atoms with Crippen molar-refractivity contribution in [2.75, 3.05) is 6.61 Å². The van der Waals surface area contributed by atoms with Gasteiger partial charge in [-0.3, -0.25) is 0 Å². The summed E-state index contributed by atoms with van der Waals surface area (Å²) in [7, 11) is 0. The number of rotatable bonds is 3. The lowest BCUT2D eigenvalue weighted by Crippen LogP contribution is -2.50. The molecule has 1 aromatic rings.